The van der Waals surface area contributed by atoms with Gasteiger partial charge >= 0.3 is 0 Å². The maximum Gasteiger partial charge on any atom is 0.205 e. The van der Waals surface area contributed by atoms with Crippen molar-refractivity contribution < 1.29 is 0 Å². The van der Waals surface area contributed by atoms with Crippen molar-refractivity contribution in [3.8, 4) is 0 Å². The molecular weight excluding hydrogens is 206 g/mol. The summed E-state index contributed by atoms with van der Waals surface area (Å²) >= 11 is 1.72. The van der Waals surface area contributed by atoms with Gasteiger partial charge < -0.3 is 5.32 Å². The van der Waals surface area contributed by atoms with Gasteiger partial charge in [0.1, 0.15) is 5.01 Å². The number of anilines is 1. The van der Waals surface area contributed by atoms with E-state index in [-0.39, 0.29) is 0 Å². The molecule has 1 aliphatic rings. The van der Waals surface area contributed by atoms with Crippen LogP contribution in [0.5, 0.6) is 0 Å². The molecule has 1 aromatic rings. The monoisotopic (exact) mass is 225 g/mol. The molecule has 0 aliphatic heterocycles. The lowest BCUT2D eigenvalue weighted by atomic mass is 9.90. The van der Waals surface area contributed by atoms with E-state index >= 15 is 0 Å². The fourth-order valence-electron chi connectivity index (χ4n) is 1.24. The van der Waals surface area contributed by atoms with Crippen LogP contribution in [-0.4, -0.2) is 16.7 Å². The lowest BCUT2D eigenvalue weighted by Crippen LogP contribution is -2.21. The SMILES string of the molecule is CCC(C)(C)CNc1nnc(C2CC2)s1. The Balaban J connectivity index is 1.87. The van der Waals surface area contributed by atoms with E-state index in [0.29, 0.717) is 5.41 Å². The Morgan fingerprint density at radius 1 is 1.40 bits per heavy atom. The van der Waals surface area contributed by atoms with Crippen molar-refractivity contribution in [1.82, 2.24) is 10.2 Å². The first-order chi connectivity index (χ1) is 7.11. The summed E-state index contributed by atoms with van der Waals surface area (Å²) in [5, 5.41) is 14.0. The van der Waals surface area contributed by atoms with E-state index in [4.69, 9.17) is 0 Å². The summed E-state index contributed by atoms with van der Waals surface area (Å²) in [6.45, 7) is 7.73. The zero-order valence-corrected chi connectivity index (χ0v) is 10.5. The molecule has 1 heterocycles. The molecule has 0 saturated heterocycles. The number of nitrogens with zero attached hydrogens (tertiary/aromatic N) is 2. The first-order valence-corrected chi connectivity index (χ1v) is 6.49. The largest absolute Gasteiger partial charge is 0.360 e. The van der Waals surface area contributed by atoms with Crippen LogP contribution in [0.3, 0.4) is 0 Å². The summed E-state index contributed by atoms with van der Waals surface area (Å²) in [5.41, 5.74) is 0.339. The maximum atomic E-state index is 4.21. The predicted molar refractivity (Wildman–Crippen MR) is 64.4 cm³/mol. The fourth-order valence-corrected chi connectivity index (χ4v) is 2.15. The minimum atomic E-state index is 0.339. The fraction of sp³-hybridized carbons (Fsp3) is 0.818. The van der Waals surface area contributed by atoms with Crippen LogP contribution in [0.25, 0.3) is 0 Å². The molecule has 2 rings (SSSR count). The van der Waals surface area contributed by atoms with Crippen molar-refractivity contribution in [1.29, 1.82) is 0 Å². The number of nitrogens with one attached hydrogen (secondary N) is 1. The van der Waals surface area contributed by atoms with Crippen molar-refractivity contribution in [2.45, 2.75) is 46.0 Å². The highest BCUT2D eigenvalue weighted by Crippen LogP contribution is 2.42. The van der Waals surface area contributed by atoms with Crippen LogP contribution < -0.4 is 5.32 Å². The number of aromatic nitrogens is 2. The molecule has 15 heavy (non-hydrogen) atoms. The van der Waals surface area contributed by atoms with Gasteiger partial charge in [0.2, 0.25) is 5.13 Å². The highest BCUT2D eigenvalue weighted by molar-refractivity contribution is 7.15. The van der Waals surface area contributed by atoms with E-state index in [1.807, 2.05) is 0 Å². The van der Waals surface area contributed by atoms with Gasteiger partial charge in [0, 0.05) is 12.5 Å². The van der Waals surface area contributed by atoms with Crippen LogP contribution >= 0.6 is 11.3 Å². The molecule has 0 amide bonds. The Kier molecular flexibility index (Phi) is 2.96. The first kappa shape index (κ1) is 10.9. The zero-order chi connectivity index (χ0) is 10.9. The van der Waals surface area contributed by atoms with Crippen molar-refractivity contribution in [2.75, 3.05) is 11.9 Å². The molecule has 4 heteroatoms. The summed E-state index contributed by atoms with van der Waals surface area (Å²) in [6.07, 6.45) is 3.78. The average Bonchev–Trinajstić information content (AvgIpc) is 2.96. The second-order valence-corrected chi connectivity index (χ2v) is 6.10. The van der Waals surface area contributed by atoms with E-state index in [0.717, 1.165) is 17.6 Å². The topological polar surface area (TPSA) is 37.8 Å². The van der Waals surface area contributed by atoms with Crippen LogP contribution in [0, 0.1) is 5.41 Å². The van der Waals surface area contributed by atoms with Gasteiger partial charge in [-0.1, -0.05) is 32.1 Å². The molecule has 0 radical (unpaired) electrons. The van der Waals surface area contributed by atoms with Crippen LogP contribution in [-0.2, 0) is 0 Å². The number of hydrogen-bond donors (Lipinski definition) is 1. The Bertz CT molecular complexity index is 328. The minimum absolute atomic E-state index is 0.339. The predicted octanol–water partition coefficient (Wildman–Crippen LogP) is 3.26. The lowest BCUT2D eigenvalue weighted by molar-refractivity contribution is 0.377. The number of rotatable bonds is 5. The molecule has 1 fully saturated rings. The molecule has 0 bridgehead atoms. The molecule has 1 N–H and O–H groups in total. The normalized spacial score (nSPS) is 16.7. The molecule has 0 unspecified atom stereocenters. The molecular formula is C11H19N3S. The van der Waals surface area contributed by atoms with Crippen LogP contribution in [0.2, 0.25) is 0 Å². The number of hydrogen-bond acceptors (Lipinski definition) is 4. The standard InChI is InChI=1S/C11H19N3S/c1-4-11(2,3)7-12-10-14-13-9(15-10)8-5-6-8/h8H,4-7H2,1-3H3,(H,12,14). The molecule has 3 nitrogen and oxygen atoms in total. The zero-order valence-electron chi connectivity index (χ0n) is 9.71. The van der Waals surface area contributed by atoms with Gasteiger partial charge in [-0.3, -0.25) is 0 Å². The second-order valence-electron chi connectivity index (χ2n) is 5.09. The van der Waals surface area contributed by atoms with Gasteiger partial charge in [0.15, 0.2) is 0 Å². The van der Waals surface area contributed by atoms with Gasteiger partial charge in [0.25, 0.3) is 0 Å². The van der Waals surface area contributed by atoms with E-state index < -0.39 is 0 Å². The smallest absolute Gasteiger partial charge is 0.205 e. The average molecular weight is 225 g/mol. The van der Waals surface area contributed by atoms with Gasteiger partial charge in [0.05, 0.1) is 0 Å². The van der Waals surface area contributed by atoms with Gasteiger partial charge in [-0.15, -0.1) is 10.2 Å². The molecule has 0 spiro atoms. The summed E-state index contributed by atoms with van der Waals surface area (Å²) < 4.78 is 0. The maximum absolute atomic E-state index is 4.21. The molecule has 1 aromatic heterocycles. The van der Waals surface area contributed by atoms with Gasteiger partial charge in [-0.05, 0) is 24.7 Å². The lowest BCUT2D eigenvalue weighted by Gasteiger charge is -2.22. The Hall–Kier alpha value is -0.640. The van der Waals surface area contributed by atoms with Crippen LogP contribution in [0.15, 0.2) is 0 Å². The Morgan fingerprint density at radius 2 is 2.13 bits per heavy atom. The summed E-state index contributed by atoms with van der Waals surface area (Å²) in [4.78, 5) is 0. The quantitative estimate of drug-likeness (QED) is 0.835. The third-order valence-corrected chi connectivity index (χ3v) is 4.09. The molecule has 0 atom stereocenters. The highest BCUT2D eigenvalue weighted by atomic mass is 32.1. The summed E-state index contributed by atoms with van der Waals surface area (Å²) in [7, 11) is 0. The van der Waals surface area contributed by atoms with Crippen molar-refractivity contribution >= 4 is 16.5 Å². The third kappa shape index (κ3) is 2.91. The third-order valence-electron chi connectivity index (χ3n) is 3.04. The Labute approximate surface area is 95.3 Å². The Morgan fingerprint density at radius 3 is 2.73 bits per heavy atom. The minimum Gasteiger partial charge on any atom is -0.360 e. The van der Waals surface area contributed by atoms with E-state index in [1.54, 1.807) is 11.3 Å². The second kappa shape index (κ2) is 4.08. The highest BCUT2D eigenvalue weighted by Gasteiger charge is 2.27. The van der Waals surface area contributed by atoms with Gasteiger partial charge in [-0.2, -0.15) is 0 Å². The summed E-state index contributed by atoms with van der Waals surface area (Å²) in [5.74, 6) is 0.720. The molecule has 1 aliphatic carbocycles. The van der Waals surface area contributed by atoms with Crippen LogP contribution in [0.1, 0.15) is 51.0 Å². The molecule has 1 saturated carbocycles. The van der Waals surface area contributed by atoms with Crippen molar-refractivity contribution in [2.24, 2.45) is 5.41 Å². The van der Waals surface area contributed by atoms with E-state index in [2.05, 4.69) is 36.3 Å². The summed E-state index contributed by atoms with van der Waals surface area (Å²) in [6, 6.07) is 0. The van der Waals surface area contributed by atoms with Crippen molar-refractivity contribution in [3.63, 3.8) is 0 Å². The van der Waals surface area contributed by atoms with Crippen molar-refractivity contribution in [3.05, 3.63) is 5.01 Å². The van der Waals surface area contributed by atoms with Gasteiger partial charge in [-0.25, -0.2) is 0 Å². The first-order valence-electron chi connectivity index (χ1n) is 5.68. The molecule has 0 aromatic carbocycles. The molecule has 84 valence electrons. The van der Waals surface area contributed by atoms with E-state index in [9.17, 15) is 0 Å². The van der Waals surface area contributed by atoms with E-state index in [1.165, 1.54) is 24.3 Å². The van der Waals surface area contributed by atoms with Crippen LogP contribution in [0.4, 0.5) is 5.13 Å².